The third-order valence-corrected chi connectivity index (χ3v) is 3.57. The van der Waals surface area contributed by atoms with Crippen LogP contribution in [-0.4, -0.2) is 24.2 Å². The molecule has 0 bridgehead atoms. The summed E-state index contributed by atoms with van der Waals surface area (Å²) in [6.07, 6.45) is 8.44. The minimum absolute atomic E-state index is 0.427. The van der Waals surface area contributed by atoms with E-state index >= 15 is 0 Å². The average Bonchev–Trinajstić information content (AvgIpc) is 2.45. The molecule has 0 radical (unpaired) electrons. The van der Waals surface area contributed by atoms with E-state index in [0.29, 0.717) is 30.6 Å². The number of aromatic nitrogens is 1. The van der Waals surface area contributed by atoms with E-state index in [4.69, 9.17) is 10.00 Å². The summed E-state index contributed by atoms with van der Waals surface area (Å²) >= 11 is 0. The van der Waals surface area contributed by atoms with Crippen LogP contribution in [0.2, 0.25) is 0 Å². The van der Waals surface area contributed by atoms with Gasteiger partial charge in [0.25, 0.3) is 0 Å². The zero-order valence-corrected chi connectivity index (χ0v) is 11.5. The Bertz CT molecular complexity index is 447. The number of ether oxygens (including phenoxy) is 1. The number of nitriles is 1. The van der Waals surface area contributed by atoms with Crippen LogP contribution in [0.4, 0.5) is 5.82 Å². The third kappa shape index (κ3) is 3.93. The van der Waals surface area contributed by atoms with Crippen LogP contribution in [0.5, 0.6) is 0 Å². The molecule has 0 amide bonds. The van der Waals surface area contributed by atoms with E-state index in [1.807, 2.05) is 13.0 Å². The summed E-state index contributed by atoms with van der Waals surface area (Å²) in [6, 6.07) is 4.04. The van der Waals surface area contributed by atoms with Gasteiger partial charge in [0, 0.05) is 12.7 Å². The van der Waals surface area contributed by atoms with Crippen molar-refractivity contribution in [3.05, 3.63) is 23.4 Å². The van der Waals surface area contributed by atoms with Crippen molar-refractivity contribution in [2.75, 3.05) is 18.5 Å². The topological polar surface area (TPSA) is 57.9 Å². The molecule has 19 heavy (non-hydrogen) atoms. The van der Waals surface area contributed by atoms with E-state index in [-0.39, 0.29) is 0 Å². The van der Waals surface area contributed by atoms with Crippen molar-refractivity contribution in [3.63, 3.8) is 0 Å². The van der Waals surface area contributed by atoms with Crippen LogP contribution < -0.4 is 5.32 Å². The van der Waals surface area contributed by atoms with Gasteiger partial charge in [-0.2, -0.15) is 5.26 Å². The van der Waals surface area contributed by atoms with Gasteiger partial charge in [-0.05, 0) is 31.4 Å². The SMILES string of the molecule is Cc1ccnc(NCCOC2CCCCC2)c1C#N. The van der Waals surface area contributed by atoms with Gasteiger partial charge in [0.2, 0.25) is 0 Å². The van der Waals surface area contributed by atoms with Crippen LogP contribution in [-0.2, 0) is 4.74 Å². The molecule has 102 valence electrons. The van der Waals surface area contributed by atoms with Gasteiger partial charge >= 0.3 is 0 Å². The van der Waals surface area contributed by atoms with Gasteiger partial charge in [-0.25, -0.2) is 4.98 Å². The van der Waals surface area contributed by atoms with Crippen molar-refractivity contribution >= 4 is 5.82 Å². The first-order chi connectivity index (χ1) is 9.31. The maximum Gasteiger partial charge on any atom is 0.144 e. The second-order valence-corrected chi connectivity index (χ2v) is 5.02. The first kappa shape index (κ1) is 13.8. The number of anilines is 1. The standard InChI is InChI=1S/C15H21N3O/c1-12-7-8-17-15(14(12)11-16)18-9-10-19-13-5-3-2-4-6-13/h7-8,13H,2-6,9-10H2,1H3,(H,17,18). The molecule has 0 aliphatic heterocycles. The number of nitrogens with zero attached hydrogens (tertiary/aromatic N) is 2. The molecular formula is C15H21N3O. The highest BCUT2D eigenvalue weighted by Crippen LogP contribution is 2.20. The Balaban J connectivity index is 1.76. The summed E-state index contributed by atoms with van der Waals surface area (Å²) in [6.45, 7) is 3.29. The number of pyridine rings is 1. The molecule has 1 aliphatic rings. The number of hydrogen-bond donors (Lipinski definition) is 1. The smallest absolute Gasteiger partial charge is 0.144 e. The van der Waals surface area contributed by atoms with Crippen molar-refractivity contribution in [2.24, 2.45) is 0 Å². The summed E-state index contributed by atoms with van der Waals surface area (Å²) in [5.74, 6) is 0.662. The lowest BCUT2D eigenvalue weighted by atomic mass is 9.98. The van der Waals surface area contributed by atoms with Crippen LogP contribution in [0.15, 0.2) is 12.3 Å². The molecule has 1 heterocycles. The molecule has 2 rings (SSSR count). The van der Waals surface area contributed by atoms with Crippen LogP contribution >= 0.6 is 0 Å². The summed E-state index contributed by atoms with van der Waals surface area (Å²) < 4.78 is 5.84. The lowest BCUT2D eigenvalue weighted by Crippen LogP contribution is -2.21. The summed E-state index contributed by atoms with van der Waals surface area (Å²) in [5.41, 5.74) is 1.58. The lowest BCUT2D eigenvalue weighted by molar-refractivity contribution is 0.0347. The van der Waals surface area contributed by atoms with Gasteiger partial charge in [-0.1, -0.05) is 19.3 Å². The van der Waals surface area contributed by atoms with Crippen molar-refractivity contribution in [2.45, 2.75) is 45.1 Å². The number of rotatable bonds is 5. The van der Waals surface area contributed by atoms with Gasteiger partial charge in [0.15, 0.2) is 0 Å². The molecule has 1 fully saturated rings. The van der Waals surface area contributed by atoms with Crippen molar-refractivity contribution < 1.29 is 4.74 Å². The number of aryl methyl sites for hydroxylation is 1. The fourth-order valence-electron chi connectivity index (χ4n) is 2.46. The largest absolute Gasteiger partial charge is 0.376 e. The Kier molecular flexibility index (Phi) is 5.17. The van der Waals surface area contributed by atoms with E-state index < -0.39 is 0 Å². The minimum Gasteiger partial charge on any atom is -0.376 e. The van der Waals surface area contributed by atoms with Crippen LogP contribution in [0.3, 0.4) is 0 Å². The van der Waals surface area contributed by atoms with Gasteiger partial charge in [0.05, 0.1) is 18.3 Å². The minimum atomic E-state index is 0.427. The maximum absolute atomic E-state index is 9.10. The molecule has 1 aliphatic carbocycles. The Hall–Kier alpha value is -1.60. The quantitative estimate of drug-likeness (QED) is 0.826. The van der Waals surface area contributed by atoms with Crippen molar-refractivity contribution in [3.8, 4) is 6.07 Å². The molecule has 1 aromatic rings. The first-order valence-electron chi connectivity index (χ1n) is 7.02. The predicted octanol–water partition coefficient (Wildman–Crippen LogP) is 3.02. The fraction of sp³-hybridized carbons (Fsp3) is 0.600. The van der Waals surface area contributed by atoms with Gasteiger partial charge in [-0.15, -0.1) is 0 Å². The molecular weight excluding hydrogens is 238 g/mol. The molecule has 0 saturated heterocycles. The molecule has 1 saturated carbocycles. The zero-order valence-electron chi connectivity index (χ0n) is 11.5. The number of nitrogens with one attached hydrogen (secondary N) is 1. The predicted molar refractivity (Wildman–Crippen MR) is 75.0 cm³/mol. The molecule has 4 nitrogen and oxygen atoms in total. The Labute approximate surface area is 114 Å². The molecule has 1 N–H and O–H groups in total. The highest BCUT2D eigenvalue weighted by Gasteiger charge is 2.13. The maximum atomic E-state index is 9.10. The number of hydrogen-bond acceptors (Lipinski definition) is 4. The average molecular weight is 259 g/mol. The normalized spacial score (nSPS) is 16.0. The second-order valence-electron chi connectivity index (χ2n) is 5.02. The van der Waals surface area contributed by atoms with Crippen molar-refractivity contribution in [1.82, 2.24) is 4.98 Å². The molecule has 0 unspecified atom stereocenters. The molecule has 0 aromatic carbocycles. The van der Waals surface area contributed by atoms with E-state index in [1.54, 1.807) is 6.20 Å². The monoisotopic (exact) mass is 259 g/mol. The lowest BCUT2D eigenvalue weighted by Gasteiger charge is -2.22. The van der Waals surface area contributed by atoms with E-state index in [2.05, 4.69) is 16.4 Å². The van der Waals surface area contributed by atoms with Gasteiger partial charge in [-0.3, -0.25) is 0 Å². The van der Waals surface area contributed by atoms with E-state index in [0.717, 1.165) is 5.56 Å². The third-order valence-electron chi connectivity index (χ3n) is 3.57. The van der Waals surface area contributed by atoms with E-state index in [1.165, 1.54) is 32.1 Å². The Morgan fingerprint density at radius 3 is 2.95 bits per heavy atom. The Morgan fingerprint density at radius 2 is 2.21 bits per heavy atom. The summed E-state index contributed by atoms with van der Waals surface area (Å²) in [5, 5.41) is 12.3. The first-order valence-corrected chi connectivity index (χ1v) is 7.02. The van der Waals surface area contributed by atoms with Gasteiger partial charge < -0.3 is 10.1 Å². The van der Waals surface area contributed by atoms with Crippen LogP contribution in [0.1, 0.15) is 43.2 Å². The summed E-state index contributed by atoms with van der Waals surface area (Å²) in [4.78, 5) is 4.21. The van der Waals surface area contributed by atoms with Crippen molar-refractivity contribution in [1.29, 1.82) is 5.26 Å². The van der Waals surface area contributed by atoms with E-state index in [9.17, 15) is 0 Å². The highest BCUT2D eigenvalue weighted by molar-refractivity contribution is 5.55. The molecule has 4 heteroatoms. The van der Waals surface area contributed by atoms with Crippen LogP contribution in [0.25, 0.3) is 0 Å². The zero-order chi connectivity index (χ0) is 13.5. The van der Waals surface area contributed by atoms with Crippen LogP contribution in [0, 0.1) is 18.3 Å². The highest BCUT2D eigenvalue weighted by atomic mass is 16.5. The second kappa shape index (κ2) is 7.10. The Morgan fingerprint density at radius 1 is 1.42 bits per heavy atom. The van der Waals surface area contributed by atoms with Gasteiger partial charge in [0.1, 0.15) is 11.9 Å². The fourth-order valence-corrected chi connectivity index (χ4v) is 2.46. The summed E-state index contributed by atoms with van der Waals surface area (Å²) in [7, 11) is 0. The molecule has 0 atom stereocenters. The molecule has 1 aromatic heterocycles. The molecule has 0 spiro atoms.